The van der Waals surface area contributed by atoms with Crippen molar-refractivity contribution in [1.82, 2.24) is 4.31 Å². The highest BCUT2D eigenvalue weighted by Crippen LogP contribution is 2.30. The Labute approximate surface area is 91.3 Å². The van der Waals surface area contributed by atoms with Crippen molar-refractivity contribution in [2.75, 3.05) is 12.3 Å². The summed E-state index contributed by atoms with van der Waals surface area (Å²) in [5.74, 6) is 0.445. The second kappa shape index (κ2) is 4.03. The molecule has 88 valence electrons. The van der Waals surface area contributed by atoms with Gasteiger partial charge < -0.3 is 5.11 Å². The van der Waals surface area contributed by atoms with E-state index in [0.717, 1.165) is 25.7 Å². The van der Waals surface area contributed by atoms with Crippen LogP contribution in [0.2, 0.25) is 0 Å². The smallest absolute Gasteiger partial charge is 0.214 e. The van der Waals surface area contributed by atoms with E-state index in [2.05, 4.69) is 0 Å². The molecule has 2 aliphatic rings. The van der Waals surface area contributed by atoms with Gasteiger partial charge in [0.1, 0.15) is 0 Å². The third-order valence-electron chi connectivity index (χ3n) is 3.41. The average Bonchev–Trinajstić information content (AvgIpc) is 2.40. The zero-order valence-corrected chi connectivity index (χ0v) is 9.91. The lowest BCUT2D eigenvalue weighted by Crippen LogP contribution is -2.46. The van der Waals surface area contributed by atoms with Crippen LogP contribution < -0.4 is 0 Å². The Hall–Kier alpha value is -0.130. The van der Waals surface area contributed by atoms with Gasteiger partial charge in [0.2, 0.25) is 10.0 Å². The molecule has 1 aliphatic heterocycles. The third kappa shape index (κ3) is 2.19. The number of sulfonamides is 1. The Bertz CT molecular complexity index is 328. The maximum Gasteiger partial charge on any atom is 0.214 e. The first-order chi connectivity index (χ1) is 7.00. The molecule has 4 nitrogen and oxygen atoms in total. The Balaban J connectivity index is 2.15. The average molecular weight is 233 g/mol. The molecule has 3 atom stereocenters. The highest BCUT2D eigenvalue weighted by molar-refractivity contribution is 7.89. The number of hydrogen-bond donors (Lipinski definition) is 1. The van der Waals surface area contributed by atoms with Crippen molar-refractivity contribution < 1.29 is 13.5 Å². The topological polar surface area (TPSA) is 57.6 Å². The van der Waals surface area contributed by atoms with Gasteiger partial charge in [0.25, 0.3) is 0 Å². The van der Waals surface area contributed by atoms with Gasteiger partial charge in [0.15, 0.2) is 0 Å². The van der Waals surface area contributed by atoms with E-state index in [1.807, 2.05) is 6.92 Å². The quantitative estimate of drug-likeness (QED) is 0.720. The van der Waals surface area contributed by atoms with Crippen LogP contribution in [0.4, 0.5) is 0 Å². The van der Waals surface area contributed by atoms with Gasteiger partial charge in [-0.05, 0) is 18.8 Å². The van der Waals surface area contributed by atoms with Crippen molar-refractivity contribution in [2.45, 2.75) is 44.8 Å². The van der Waals surface area contributed by atoms with E-state index in [9.17, 15) is 13.5 Å². The van der Waals surface area contributed by atoms with E-state index in [-0.39, 0.29) is 17.7 Å². The fraction of sp³-hybridized carbons (Fsp3) is 1.00. The van der Waals surface area contributed by atoms with Crippen LogP contribution in [0.15, 0.2) is 0 Å². The summed E-state index contributed by atoms with van der Waals surface area (Å²) in [5, 5.41) is 9.84. The fourth-order valence-corrected chi connectivity index (χ4v) is 4.85. The molecule has 5 heteroatoms. The molecular formula is C10H19NO3S. The summed E-state index contributed by atoms with van der Waals surface area (Å²) < 4.78 is 25.2. The Morgan fingerprint density at radius 2 is 1.93 bits per heavy atom. The molecule has 1 aliphatic carbocycles. The monoisotopic (exact) mass is 233 g/mol. The zero-order chi connectivity index (χ0) is 11.1. The van der Waals surface area contributed by atoms with Crippen molar-refractivity contribution in [2.24, 2.45) is 5.92 Å². The molecule has 1 N–H and O–H groups in total. The van der Waals surface area contributed by atoms with Gasteiger partial charge in [-0.25, -0.2) is 8.42 Å². The predicted octanol–water partition coefficient (Wildman–Crippen LogP) is 0.571. The van der Waals surface area contributed by atoms with Crippen molar-refractivity contribution >= 4 is 10.0 Å². The molecule has 15 heavy (non-hydrogen) atoms. The molecule has 1 saturated carbocycles. The minimum Gasteiger partial charge on any atom is -0.391 e. The van der Waals surface area contributed by atoms with E-state index in [4.69, 9.17) is 0 Å². The predicted molar refractivity (Wildman–Crippen MR) is 57.9 cm³/mol. The lowest BCUT2D eigenvalue weighted by Gasteiger charge is -2.33. The van der Waals surface area contributed by atoms with E-state index in [0.29, 0.717) is 6.54 Å². The molecule has 2 rings (SSSR count). The van der Waals surface area contributed by atoms with Gasteiger partial charge >= 0.3 is 0 Å². The van der Waals surface area contributed by atoms with Gasteiger partial charge in [-0.2, -0.15) is 4.31 Å². The lowest BCUT2D eigenvalue weighted by molar-refractivity contribution is 0.0566. The largest absolute Gasteiger partial charge is 0.391 e. The maximum absolute atomic E-state index is 11.8. The van der Waals surface area contributed by atoms with Gasteiger partial charge in [-0.3, -0.25) is 0 Å². The van der Waals surface area contributed by atoms with Crippen molar-refractivity contribution in [3.8, 4) is 0 Å². The minimum absolute atomic E-state index is 0.159. The van der Waals surface area contributed by atoms with E-state index in [1.165, 1.54) is 0 Å². The van der Waals surface area contributed by atoms with Crippen LogP contribution in [0.1, 0.15) is 32.6 Å². The normalized spacial score (nSPS) is 41.9. The molecule has 1 heterocycles. The van der Waals surface area contributed by atoms with Crippen LogP contribution in [0.25, 0.3) is 0 Å². The number of aliphatic hydroxyl groups excluding tert-OH is 1. The Morgan fingerprint density at radius 1 is 1.27 bits per heavy atom. The van der Waals surface area contributed by atoms with Crippen LogP contribution >= 0.6 is 0 Å². The van der Waals surface area contributed by atoms with Gasteiger partial charge in [0, 0.05) is 6.54 Å². The highest BCUT2D eigenvalue weighted by Gasteiger charge is 2.41. The Morgan fingerprint density at radius 3 is 2.47 bits per heavy atom. The van der Waals surface area contributed by atoms with Crippen LogP contribution in [0, 0.1) is 5.92 Å². The van der Waals surface area contributed by atoms with Gasteiger partial charge in [-0.15, -0.1) is 0 Å². The number of aliphatic hydroxyl groups is 1. The molecule has 2 fully saturated rings. The lowest BCUT2D eigenvalue weighted by atomic mass is 9.92. The SMILES string of the molecule is CC1CN(C2CCCCC2O)S(=O)(=O)C1. The number of hydrogen-bond acceptors (Lipinski definition) is 3. The van der Waals surface area contributed by atoms with E-state index < -0.39 is 16.1 Å². The van der Waals surface area contributed by atoms with Crippen LogP contribution in [0.3, 0.4) is 0 Å². The molecule has 0 bridgehead atoms. The summed E-state index contributed by atoms with van der Waals surface area (Å²) in [6, 6.07) is -0.159. The van der Waals surface area contributed by atoms with Crippen LogP contribution in [-0.4, -0.2) is 42.3 Å². The number of nitrogens with zero attached hydrogens (tertiary/aromatic N) is 1. The summed E-state index contributed by atoms with van der Waals surface area (Å²) in [6.07, 6.45) is 3.14. The molecule has 1 saturated heterocycles. The zero-order valence-electron chi connectivity index (χ0n) is 9.09. The first kappa shape index (κ1) is 11.4. The summed E-state index contributed by atoms with van der Waals surface area (Å²) in [6.45, 7) is 2.54. The first-order valence-electron chi connectivity index (χ1n) is 5.68. The Kier molecular flexibility index (Phi) is 3.05. The number of rotatable bonds is 1. The summed E-state index contributed by atoms with van der Waals surface area (Å²) >= 11 is 0. The first-order valence-corrected chi connectivity index (χ1v) is 7.29. The third-order valence-corrected chi connectivity index (χ3v) is 5.53. The van der Waals surface area contributed by atoms with Crippen molar-refractivity contribution in [3.63, 3.8) is 0 Å². The standard InChI is InChI=1S/C10H19NO3S/c1-8-6-11(15(13,14)7-8)9-4-2-3-5-10(9)12/h8-10,12H,2-7H2,1H3. The summed E-state index contributed by atoms with van der Waals surface area (Å²) in [7, 11) is -3.10. The molecule has 0 spiro atoms. The summed E-state index contributed by atoms with van der Waals surface area (Å²) in [5.41, 5.74) is 0. The van der Waals surface area contributed by atoms with E-state index >= 15 is 0 Å². The molecule has 3 unspecified atom stereocenters. The minimum atomic E-state index is -3.10. The molecule has 0 amide bonds. The second-order valence-electron chi connectivity index (χ2n) is 4.87. The van der Waals surface area contributed by atoms with E-state index in [1.54, 1.807) is 4.31 Å². The fourth-order valence-electron chi connectivity index (χ4n) is 2.70. The van der Waals surface area contributed by atoms with Gasteiger partial charge in [0.05, 0.1) is 17.9 Å². The van der Waals surface area contributed by atoms with Crippen LogP contribution in [0.5, 0.6) is 0 Å². The maximum atomic E-state index is 11.8. The molecule has 0 aromatic heterocycles. The van der Waals surface area contributed by atoms with Crippen LogP contribution in [-0.2, 0) is 10.0 Å². The highest BCUT2D eigenvalue weighted by atomic mass is 32.2. The molecule has 0 radical (unpaired) electrons. The van der Waals surface area contributed by atoms with Crippen molar-refractivity contribution in [3.05, 3.63) is 0 Å². The molecule has 0 aromatic rings. The summed E-state index contributed by atoms with van der Waals surface area (Å²) in [4.78, 5) is 0. The molecule has 0 aromatic carbocycles. The second-order valence-corrected chi connectivity index (χ2v) is 6.84. The molecular weight excluding hydrogens is 214 g/mol. The van der Waals surface area contributed by atoms with Crippen molar-refractivity contribution in [1.29, 1.82) is 0 Å². The van der Waals surface area contributed by atoms with Gasteiger partial charge in [-0.1, -0.05) is 19.8 Å².